The Bertz CT molecular complexity index is 138. The Kier molecular flexibility index (Phi) is 3.06. The van der Waals surface area contributed by atoms with Gasteiger partial charge >= 0.3 is 5.97 Å². The zero-order chi connectivity index (χ0) is 8.20. The average molecular weight is 144 g/mol. The quantitative estimate of drug-likeness (QED) is 0.600. The number of hydrogen-bond acceptors (Lipinski definition) is 2. The smallest absolute Gasteiger partial charge is 0.303 e. The van der Waals surface area contributed by atoms with Gasteiger partial charge in [0, 0.05) is 11.8 Å². The van der Waals surface area contributed by atoms with Gasteiger partial charge in [-0.2, -0.15) is 0 Å². The second-order valence-corrected chi connectivity index (χ2v) is 3.00. The average Bonchev–Trinajstić information content (AvgIpc) is 1.85. The maximum absolute atomic E-state index is 10.2. The Labute approximate surface area is 60.0 Å². The van der Waals surface area contributed by atoms with E-state index >= 15 is 0 Å². The number of carboxylic acid groups (broad SMARTS) is 1. The first-order chi connectivity index (χ1) is 4.48. The van der Waals surface area contributed by atoms with Gasteiger partial charge in [0.2, 0.25) is 0 Å². The standard InChI is InChI=1S/C7H12O3/c1-7(2,5-8)4-3-6(9)10/h5H,3-4H2,1-2H3,(H,9,10). The first-order valence-corrected chi connectivity index (χ1v) is 3.16. The van der Waals surface area contributed by atoms with Crippen LogP contribution in [0.3, 0.4) is 0 Å². The summed E-state index contributed by atoms with van der Waals surface area (Å²) in [5.74, 6) is -0.852. The van der Waals surface area contributed by atoms with Crippen molar-refractivity contribution in [3.8, 4) is 0 Å². The van der Waals surface area contributed by atoms with E-state index in [1.807, 2.05) is 0 Å². The van der Waals surface area contributed by atoms with Crippen molar-refractivity contribution < 1.29 is 14.7 Å². The minimum absolute atomic E-state index is 0.0612. The summed E-state index contributed by atoms with van der Waals surface area (Å²) in [5, 5.41) is 8.26. The first-order valence-electron chi connectivity index (χ1n) is 3.16. The molecule has 0 saturated carbocycles. The molecular weight excluding hydrogens is 132 g/mol. The molecule has 3 heteroatoms. The third-order valence-corrected chi connectivity index (χ3v) is 1.30. The summed E-state index contributed by atoms with van der Waals surface area (Å²) < 4.78 is 0. The minimum atomic E-state index is -0.852. The van der Waals surface area contributed by atoms with Gasteiger partial charge in [0.1, 0.15) is 6.29 Å². The maximum atomic E-state index is 10.2. The Hall–Kier alpha value is -0.860. The highest BCUT2D eigenvalue weighted by Crippen LogP contribution is 2.18. The third kappa shape index (κ3) is 4.06. The molecule has 0 aromatic rings. The summed E-state index contributed by atoms with van der Waals surface area (Å²) in [6, 6.07) is 0. The van der Waals surface area contributed by atoms with Crippen molar-refractivity contribution in [2.24, 2.45) is 5.41 Å². The number of hydrogen-bond donors (Lipinski definition) is 1. The van der Waals surface area contributed by atoms with Gasteiger partial charge in [-0.25, -0.2) is 0 Å². The third-order valence-electron chi connectivity index (χ3n) is 1.30. The number of carboxylic acids is 1. The summed E-state index contributed by atoms with van der Waals surface area (Å²) in [5.41, 5.74) is -0.488. The van der Waals surface area contributed by atoms with Crippen molar-refractivity contribution in [2.45, 2.75) is 26.7 Å². The van der Waals surface area contributed by atoms with Gasteiger partial charge in [-0.15, -0.1) is 0 Å². The normalized spacial score (nSPS) is 11.0. The highest BCUT2D eigenvalue weighted by Gasteiger charge is 2.17. The van der Waals surface area contributed by atoms with Crippen LogP contribution >= 0.6 is 0 Å². The Morgan fingerprint density at radius 1 is 1.60 bits per heavy atom. The topological polar surface area (TPSA) is 54.4 Å². The molecular formula is C7H12O3. The molecule has 0 amide bonds. The highest BCUT2D eigenvalue weighted by molar-refractivity contribution is 5.68. The van der Waals surface area contributed by atoms with Crippen LogP contribution in [0.4, 0.5) is 0 Å². The predicted molar refractivity (Wildman–Crippen MR) is 36.7 cm³/mol. The Balaban J connectivity index is 3.67. The van der Waals surface area contributed by atoms with Crippen molar-refractivity contribution in [3.63, 3.8) is 0 Å². The SMILES string of the molecule is CC(C)(C=O)CCC(=O)O. The van der Waals surface area contributed by atoms with Crippen molar-refractivity contribution >= 4 is 12.3 Å². The van der Waals surface area contributed by atoms with Gasteiger partial charge in [0.15, 0.2) is 0 Å². The van der Waals surface area contributed by atoms with Gasteiger partial charge in [0.25, 0.3) is 0 Å². The monoisotopic (exact) mass is 144 g/mol. The van der Waals surface area contributed by atoms with E-state index < -0.39 is 11.4 Å². The lowest BCUT2D eigenvalue weighted by Crippen LogP contribution is -2.14. The number of carbonyl (C=O) groups excluding carboxylic acids is 1. The Morgan fingerprint density at radius 2 is 2.10 bits per heavy atom. The molecule has 0 radical (unpaired) electrons. The van der Waals surface area contributed by atoms with Crippen molar-refractivity contribution in [2.75, 3.05) is 0 Å². The fourth-order valence-corrected chi connectivity index (χ4v) is 0.488. The largest absolute Gasteiger partial charge is 0.481 e. The fourth-order valence-electron chi connectivity index (χ4n) is 0.488. The molecule has 0 unspecified atom stereocenters. The van der Waals surface area contributed by atoms with Crippen LogP contribution in [-0.2, 0) is 9.59 Å². The summed E-state index contributed by atoms with van der Waals surface area (Å²) in [4.78, 5) is 20.3. The molecule has 0 fully saturated rings. The Morgan fingerprint density at radius 3 is 2.40 bits per heavy atom. The first kappa shape index (κ1) is 9.14. The molecule has 0 aromatic carbocycles. The molecule has 58 valence electrons. The van der Waals surface area contributed by atoms with E-state index in [1.54, 1.807) is 13.8 Å². The number of aldehydes is 1. The summed E-state index contributed by atoms with van der Waals surface area (Å²) >= 11 is 0. The zero-order valence-electron chi connectivity index (χ0n) is 6.26. The van der Waals surface area contributed by atoms with E-state index in [1.165, 1.54) is 0 Å². The van der Waals surface area contributed by atoms with Gasteiger partial charge in [-0.1, -0.05) is 13.8 Å². The van der Waals surface area contributed by atoms with Crippen molar-refractivity contribution in [1.82, 2.24) is 0 Å². The van der Waals surface area contributed by atoms with E-state index in [-0.39, 0.29) is 6.42 Å². The van der Waals surface area contributed by atoms with Crippen LogP contribution in [0.1, 0.15) is 26.7 Å². The molecule has 0 rings (SSSR count). The molecule has 0 bridgehead atoms. The van der Waals surface area contributed by atoms with E-state index in [0.29, 0.717) is 6.42 Å². The maximum Gasteiger partial charge on any atom is 0.303 e. The zero-order valence-corrected chi connectivity index (χ0v) is 6.26. The number of carbonyl (C=O) groups is 2. The van der Waals surface area contributed by atoms with Crippen LogP contribution < -0.4 is 0 Å². The molecule has 0 saturated heterocycles. The highest BCUT2D eigenvalue weighted by atomic mass is 16.4. The number of aliphatic carboxylic acids is 1. The van der Waals surface area contributed by atoms with Crippen LogP contribution in [0.2, 0.25) is 0 Å². The lowest BCUT2D eigenvalue weighted by atomic mass is 9.90. The molecule has 0 atom stereocenters. The van der Waals surface area contributed by atoms with Crippen molar-refractivity contribution in [3.05, 3.63) is 0 Å². The molecule has 0 aromatic heterocycles. The molecule has 0 spiro atoms. The second-order valence-electron chi connectivity index (χ2n) is 3.00. The molecule has 0 aliphatic carbocycles. The molecule has 0 aliphatic heterocycles. The summed E-state index contributed by atoms with van der Waals surface area (Å²) in [6.07, 6.45) is 1.26. The van der Waals surface area contributed by atoms with Gasteiger partial charge in [-0.05, 0) is 6.42 Å². The van der Waals surface area contributed by atoms with Gasteiger partial charge in [-0.3, -0.25) is 4.79 Å². The minimum Gasteiger partial charge on any atom is -0.481 e. The van der Waals surface area contributed by atoms with Crippen LogP contribution in [-0.4, -0.2) is 17.4 Å². The fraction of sp³-hybridized carbons (Fsp3) is 0.714. The van der Waals surface area contributed by atoms with Gasteiger partial charge in [0.05, 0.1) is 0 Å². The van der Waals surface area contributed by atoms with Crippen LogP contribution in [0, 0.1) is 5.41 Å². The van der Waals surface area contributed by atoms with Gasteiger partial charge < -0.3 is 9.90 Å². The summed E-state index contributed by atoms with van der Waals surface area (Å²) in [7, 11) is 0. The van der Waals surface area contributed by atoms with Crippen molar-refractivity contribution in [1.29, 1.82) is 0 Å². The molecule has 0 heterocycles. The predicted octanol–water partition coefficient (Wildman–Crippen LogP) is 1.08. The molecule has 0 aliphatic rings. The van der Waals surface area contributed by atoms with E-state index in [9.17, 15) is 9.59 Å². The van der Waals surface area contributed by atoms with Crippen LogP contribution in [0.5, 0.6) is 0 Å². The summed E-state index contributed by atoms with van der Waals surface area (Å²) in [6.45, 7) is 3.45. The molecule has 3 nitrogen and oxygen atoms in total. The lowest BCUT2D eigenvalue weighted by molar-refractivity contribution is -0.137. The van der Waals surface area contributed by atoms with E-state index in [2.05, 4.69) is 0 Å². The molecule has 10 heavy (non-hydrogen) atoms. The molecule has 1 N–H and O–H groups in total. The van der Waals surface area contributed by atoms with Crippen LogP contribution in [0.25, 0.3) is 0 Å². The van der Waals surface area contributed by atoms with E-state index in [0.717, 1.165) is 6.29 Å². The van der Waals surface area contributed by atoms with E-state index in [4.69, 9.17) is 5.11 Å². The lowest BCUT2D eigenvalue weighted by Gasteiger charge is -2.13. The van der Waals surface area contributed by atoms with Crippen LogP contribution in [0.15, 0.2) is 0 Å². The number of rotatable bonds is 4. The second kappa shape index (κ2) is 3.34.